The zero-order valence-corrected chi connectivity index (χ0v) is 13.3. The van der Waals surface area contributed by atoms with Crippen molar-refractivity contribution in [2.45, 2.75) is 84.1 Å². The lowest BCUT2D eigenvalue weighted by Gasteiger charge is -2.13. The minimum atomic E-state index is 0.162. The fourth-order valence-corrected chi connectivity index (χ4v) is 2.56. The van der Waals surface area contributed by atoms with E-state index in [1.54, 1.807) is 0 Å². The van der Waals surface area contributed by atoms with Gasteiger partial charge in [-0.2, -0.15) is 0 Å². The predicted octanol–water partition coefficient (Wildman–Crippen LogP) is 4.88. The molecule has 1 aromatic heterocycles. The lowest BCUT2D eigenvalue weighted by molar-refractivity contribution is 0.374. The first kappa shape index (κ1) is 17.3. The Bertz CT molecular complexity index is 335. The van der Waals surface area contributed by atoms with Gasteiger partial charge in [0.1, 0.15) is 11.5 Å². The van der Waals surface area contributed by atoms with Crippen LogP contribution in [0.1, 0.15) is 89.2 Å². The number of hydrogen-bond donors (Lipinski definition) is 2. The van der Waals surface area contributed by atoms with Crippen LogP contribution < -0.4 is 11.3 Å². The summed E-state index contributed by atoms with van der Waals surface area (Å²) in [6.45, 7) is 4.37. The first-order valence-electron chi connectivity index (χ1n) is 8.36. The van der Waals surface area contributed by atoms with E-state index in [0.29, 0.717) is 0 Å². The SMILES string of the molecule is CCCCCCCCCCC(NN)c1ccc(CC)o1. The Morgan fingerprint density at radius 3 is 2.20 bits per heavy atom. The minimum Gasteiger partial charge on any atom is -0.464 e. The number of nitrogens with two attached hydrogens (primary N) is 1. The zero-order chi connectivity index (χ0) is 14.6. The van der Waals surface area contributed by atoms with E-state index in [1.165, 1.54) is 51.4 Å². The third-order valence-corrected chi connectivity index (χ3v) is 3.92. The highest BCUT2D eigenvalue weighted by Crippen LogP contribution is 2.22. The molecular formula is C17H32N2O. The summed E-state index contributed by atoms with van der Waals surface area (Å²) in [7, 11) is 0. The molecule has 0 radical (unpaired) electrons. The van der Waals surface area contributed by atoms with Crippen molar-refractivity contribution in [3.63, 3.8) is 0 Å². The van der Waals surface area contributed by atoms with E-state index in [-0.39, 0.29) is 6.04 Å². The van der Waals surface area contributed by atoms with Gasteiger partial charge in [-0.15, -0.1) is 0 Å². The van der Waals surface area contributed by atoms with Gasteiger partial charge in [0, 0.05) is 6.42 Å². The van der Waals surface area contributed by atoms with Crippen molar-refractivity contribution >= 4 is 0 Å². The molecule has 0 bridgehead atoms. The van der Waals surface area contributed by atoms with Crippen LogP contribution in [0.25, 0.3) is 0 Å². The van der Waals surface area contributed by atoms with Crippen molar-refractivity contribution in [1.82, 2.24) is 5.43 Å². The minimum absolute atomic E-state index is 0.162. The summed E-state index contributed by atoms with van der Waals surface area (Å²) in [5, 5.41) is 0. The molecule has 116 valence electrons. The van der Waals surface area contributed by atoms with Crippen LogP contribution in [0.4, 0.5) is 0 Å². The number of furan rings is 1. The van der Waals surface area contributed by atoms with Crippen molar-refractivity contribution in [1.29, 1.82) is 0 Å². The van der Waals surface area contributed by atoms with Gasteiger partial charge in [0.25, 0.3) is 0 Å². The molecule has 20 heavy (non-hydrogen) atoms. The van der Waals surface area contributed by atoms with E-state index in [0.717, 1.165) is 24.4 Å². The molecule has 0 spiro atoms. The summed E-state index contributed by atoms with van der Waals surface area (Å²) >= 11 is 0. The van der Waals surface area contributed by atoms with E-state index >= 15 is 0 Å². The molecule has 1 unspecified atom stereocenters. The second-order valence-electron chi connectivity index (χ2n) is 5.64. The maximum absolute atomic E-state index is 5.77. The van der Waals surface area contributed by atoms with Crippen LogP contribution in [-0.4, -0.2) is 0 Å². The van der Waals surface area contributed by atoms with Gasteiger partial charge in [-0.25, -0.2) is 5.43 Å². The van der Waals surface area contributed by atoms with Crippen molar-refractivity contribution in [2.75, 3.05) is 0 Å². The molecule has 0 aliphatic heterocycles. The van der Waals surface area contributed by atoms with Gasteiger partial charge in [-0.05, 0) is 18.6 Å². The third kappa shape index (κ3) is 6.58. The highest BCUT2D eigenvalue weighted by molar-refractivity contribution is 5.10. The van der Waals surface area contributed by atoms with Crippen molar-refractivity contribution in [3.8, 4) is 0 Å². The number of hydrazine groups is 1. The second kappa shape index (κ2) is 10.9. The molecule has 1 aromatic rings. The number of rotatable bonds is 12. The molecule has 0 amide bonds. The van der Waals surface area contributed by atoms with E-state index in [2.05, 4.69) is 19.3 Å². The first-order valence-corrected chi connectivity index (χ1v) is 8.36. The molecule has 1 rings (SSSR count). The second-order valence-corrected chi connectivity index (χ2v) is 5.64. The molecule has 3 nitrogen and oxygen atoms in total. The molecule has 3 N–H and O–H groups in total. The monoisotopic (exact) mass is 280 g/mol. The Kier molecular flexibility index (Phi) is 9.42. The summed E-state index contributed by atoms with van der Waals surface area (Å²) in [5.41, 5.74) is 2.88. The van der Waals surface area contributed by atoms with Gasteiger partial charge >= 0.3 is 0 Å². The highest BCUT2D eigenvalue weighted by Gasteiger charge is 2.13. The summed E-state index contributed by atoms with van der Waals surface area (Å²) in [4.78, 5) is 0. The predicted molar refractivity (Wildman–Crippen MR) is 85.4 cm³/mol. The number of unbranched alkanes of at least 4 members (excludes halogenated alkanes) is 7. The molecule has 1 heterocycles. The van der Waals surface area contributed by atoms with Crippen LogP contribution in [0.15, 0.2) is 16.5 Å². The fourth-order valence-electron chi connectivity index (χ4n) is 2.56. The maximum atomic E-state index is 5.77. The largest absolute Gasteiger partial charge is 0.464 e. The Morgan fingerprint density at radius 2 is 1.65 bits per heavy atom. The normalized spacial score (nSPS) is 12.8. The highest BCUT2D eigenvalue weighted by atomic mass is 16.3. The van der Waals surface area contributed by atoms with Gasteiger partial charge in [0.2, 0.25) is 0 Å². The van der Waals surface area contributed by atoms with Gasteiger partial charge in [-0.1, -0.05) is 65.2 Å². The topological polar surface area (TPSA) is 51.2 Å². The van der Waals surface area contributed by atoms with E-state index in [4.69, 9.17) is 10.3 Å². The standard InChI is InChI=1S/C17H32N2O/c1-3-5-6-7-8-9-10-11-12-16(19-18)17-14-13-15(4-2)20-17/h13-14,16,19H,3-12,18H2,1-2H3. The molecule has 3 heteroatoms. The zero-order valence-electron chi connectivity index (χ0n) is 13.3. The quantitative estimate of drug-likeness (QED) is 0.326. The Morgan fingerprint density at radius 1 is 1.00 bits per heavy atom. The number of hydrogen-bond acceptors (Lipinski definition) is 3. The van der Waals surface area contributed by atoms with Crippen molar-refractivity contribution in [3.05, 3.63) is 23.7 Å². The van der Waals surface area contributed by atoms with E-state index < -0.39 is 0 Å². The van der Waals surface area contributed by atoms with Gasteiger partial charge < -0.3 is 4.42 Å². The number of aryl methyl sites for hydroxylation is 1. The molecular weight excluding hydrogens is 248 g/mol. The fraction of sp³-hybridized carbons (Fsp3) is 0.765. The number of nitrogens with one attached hydrogen (secondary N) is 1. The third-order valence-electron chi connectivity index (χ3n) is 3.92. The summed E-state index contributed by atoms with van der Waals surface area (Å²) in [6, 6.07) is 4.26. The summed E-state index contributed by atoms with van der Waals surface area (Å²) < 4.78 is 5.77. The molecule has 0 aromatic carbocycles. The average Bonchev–Trinajstić information content (AvgIpc) is 2.94. The van der Waals surface area contributed by atoms with Crippen LogP contribution >= 0.6 is 0 Å². The maximum Gasteiger partial charge on any atom is 0.122 e. The lowest BCUT2D eigenvalue weighted by atomic mass is 10.0. The molecule has 1 atom stereocenters. The average molecular weight is 280 g/mol. The molecule has 0 saturated carbocycles. The van der Waals surface area contributed by atoms with Crippen LogP contribution in [0.5, 0.6) is 0 Å². The van der Waals surface area contributed by atoms with Gasteiger partial charge in [0.05, 0.1) is 6.04 Å². The Balaban J connectivity index is 2.12. The Labute approximate surface area is 124 Å². The summed E-state index contributed by atoms with van der Waals surface area (Å²) in [5.74, 6) is 7.66. The van der Waals surface area contributed by atoms with Crippen LogP contribution in [0.3, 0.4) is 0 Å². The molecule has 0 fully saturated rings. The van der Waals surface area contributed by atoms with Crippen LogP contribution in [0, 0.1) is 0 Å². The molecule has 0 aliphatic carbocycles. The van der Waals surface area contributed by atoms with Crippen molar-refractivity contribution < 1.29 is 4.42 Å². The van der Waals surface area contributed by atoms with Gasteiger partial charge in [0.15, 0.2) is 0 Å². The first-order chi connectivity index (χ1) is 9.81. The molecule has 0 aliphatic rings. The van der Waals surface area contributed by atoms with E-state index in [9.17, 15) is 0 Å². The van der Waals surface area contributed by atoms with E-state index in [1.807, 2.05) is 12.1 Å². The lowest BCUT2D eigenvalue weighted by Crippen LogP contribution is -2.27. The van der Waals surface area contributed by atoms with Crippen molar-refractivity contribution in [2.24, 2.45) is 5.84 Å². The summed E-state index contributed by atoms with van der Waals surface area (Å²) in [6.07, 6.45) is 12.7. The molecule has 0 saturated heterocycles. The smallest absolute Gasteiger partial charge is 0.122 e. The van der Waals surface area contributed by atoms with Gasteiger partial charge in [-0.3, -0.25) is 5.84 Å². The van der Waals surface area contributed by atoms with Crippen LogP contribution in [-0.2, 0) is 6.42 Å². The Hall–Kier alpha value is -0.800. The van der Waals surface area contributed by atoms with Crippen LogP contribution in [0.2, 0.25) is 0 Å².